The molecule has 2 N–H and O–H groups in total. The SMILES string of the molecule is N#Cc1ccncc1C(N)C(F)(F)F. The molecule has 0 saturated carbocycles. The Morgan fingerprint density at radius 3 is 2.64 bits per heavy atom. The summed E-state index contributed by atoms with van der Waals surface area (Å²) in [7, 11) is 0. The maximum Gasteiger partial charge on any atom is 0.407 e. The number of nitrogens with two attached hydrogens (primary N) is 1. The van der Waals surface area contributed by atoms with Crippen molar-refractivity contribution < 1.29 is 13.2 Å². The molecule has 0 radical (unpaired) electrons. The van der Waals surface area contributed by atoms with Crippen LogP contribution in [0.15, 0.2) is 18.5 Å². The molecule has 1 unspecified atom stereocenters. The van der Waals surface area contributed by atoms with Crippen molar-refractivity contribution in [3.63, 3.8) is 0 Å². The van der Waals surface area contributed by atoms with E-state index in [9.17, 15) is 13.2 Å². The third kappa shape index (κ3) is 2.00. The lowest BCUT2D eigenvalue weighted by Gasteiger charge is -2.16. The van der Waals surface area contributed by atoms with Gasteiger partial charge in [0.05, 0.1) is 11.6 Å². The number of alkyl halides is 3. The minimum Gasteiger partial charge on any atom is -0.316 e. The molecule has 1 aromatic rings. The summed E-state index contributed by atoms with van der Waals surface area (Å²) in [6.45, 7) is 0. The quantitative estimate of drug-likeness (QED) is 0.749. The zero-order valence-electron chi connectivity index (χ0n) is 6.92. The van der Waals surface area contributed by atoms with E-state index in [-0.39, 0.29) is 11.1 Å². The van der Waals surface area contributed by atoms with Crippen molar-refractivity contribution in [1.29, 1.82) is 5.26 Å². The lowest BCUT2D eigenvalue weighted by Crippen LogP contribution is -2.29. The zero-order valence-corrected chi connectivity index (χ0v) is 6.92. The van der Waals surface area contributed by atoms with Crippen molar-refractivity contribution in [2.24, 2.45) is 5.73 Å². The highest BCUT2D eigenvalue weighted by Gasteiger charge is 2.39. The maximum atomic E-state index is 12.2. The average Bonchev–Trinajstić information content (AvgIpc) is 2.15. The largest absolute Gasteiger partial charge is 0.407 e. The van der Waals surface area contributed by atoms with E-state index in [1.165, 1.54) is 12.3 Å². The number of nitrogens with zero attached hydrogens (tertiary/aromatic N) is 2. The number of pyridine rings is 1. The molecular formula is C8H6F3N3. The van der Waals surface area contributed by atoms with Crippen LogP contribution in [-0.2, 0) is 0 Å². The lowest BCUT2D eigenvalue weighted by molar-refractivity contribution is -0.149. The van der Waals surface area contributed by atoms with Crippen LogP contribution >= 0.6 is 0 Å². The van der Waals surface area contributed by atoms with Crippen LogP contribution in [0.2, 0.25) is 0 Å². The van der Waals surface area contributed by atoms with Crippen molar-refractivity contribution in [3.05, 3.63) is 29.6 Å². The molecule has 14 heavy (non-hydrogen) atoms. The fourth-order valence-corrected chi connectivity index (χ4v) is 0.933. The number of aromatic nitrogens is 1. The third-order valence-electron chi connectivity index (χ3n) is 1.66. The normalized spacial score (nSPS) is 13.4. The van der Waals surface area contributed by atoms with Gasteiger partial charge in [-0.3, -0.25) is 4.98 Å². The average molecular weight is 201 g/mol. The fraction of sp³-hybridized carbons (Fsp3) is 0.250. The van der Waals surface area contributed by atoms with Crippen LogP contribution < -0.4 is 5.73 Å². The van der Waals surface area contributed by atoms with Crippen LogP contribution in [0, 0.1) is 11.3 Å². The van der Waals surface area contributed by atoms with E-state index in [2.05, 4.69) is 4.98 Å². The van der Waals surface area contributed by atoms with Gasteiger partial charge in [0.1, 0.15) is 6.04 Å². The molecule has 74 valence electrons. The van der Waals surface area contributed by atoms with Gasteiger partial charge in [0, 0.05) is 18.0 Å². The Morgan fingerprint density at radius 1 is 1.50 bits per heavy atom. The Labute approximate surface area is 78.0 Å². The second-order valence-corrected chi connectivity index (χ2v) is 2.59. The minimum absolute atomic E-state index is 0.107. The molecule has 0 fully saturated rings. The van der Waals surface area contributed by atoms with Gasteiger partial charge >= 0.3 is 6.18 Å². The predicted molar refractivity (Wildman–Crippen MR) is 41.9 cm³/mol. The van der Waals surface area contributed by atoms with Crippen LogP contribution in [0.1, 0.15) is 17.2 Å². The molecular weight excluding hydrogens is 195 g/mol. The summed E-state index contributed by atoms with van der Waals surface area (Å²) in [6.07, 6.45) is -2.36. The highest BCUT2D eigenvalue weighted by Crippen LogP contribution is 2.31. The summed E-state index contributed by atoms with van der Waals surface area (Å²) < 4.78 is 36.6. The smallest absolute Gasteiger partial charge is 0.316 e. The number of hydrogen-bond acceptors (Lipinski definition) is 3. The molecule has 0 spiro atoms. The predicted octanol–water partition coefficient (Wildman–Crippen LogP) is 1.52. The summed E-state index contributed by atoms with van der Waals surface area (Å²) in [5.41, 5.74) is 4.52. The second-order valence-electron chi connectivity index (χ2n) is 2.59. The van der Waals surface area contributed by atoms with Crippen LogP contribution in [0.4, 0.5) is 13.2 Å². The number of rotatable bonds is 1. The fourth-order valence-electron chi connectivity index (χ4n) is 0.933. The monoisotopic (exact) mass is 201 g/mol. The molecule has 6 heteroatoms. The molecule has 0 amide bonds. The van der Waals surface area contributed by atoms with Gasteiger partial charge in [-0.05, 0) is 6.07 Å². The Hall–Kier alpha value is -1.61. The molecule has 0 aromatic carbocycles. The number of nitriles is 1. The topological polar surface area (TPSA) is 62.7 Å². The first-order valence-corrected chi connectivity index (χ1v) is 3.63. The summed E-state index contributed by atoms with van der Waals surface area (Å²) in [4.78, 5) is 3.50. The van der Waals surface area contributed by atoms with Gasteiger partial charge in [0.2, 0.25) is 0 Å². The minimum atomic E-state index is -4.56. The van der Waals surface area contributed by atoms with Crippen LogP contribution in [0.3, 0.4) is 0 Å². The van der Waals surface area contributed by atoms with E-state index in [1.54, 1.807) is 6.07 Å². The lowest BCUT2D eigenvalue weighted by atomic mass is 10.0. The van der Waals surface area contributed by atoms with E-state index in [0.717, 1.165) is 6.20 Å². The van der Waals surface area contributed by atoms with Crippen LogP contribution in [0.25, 0.3) is 0 Å². The highest BCUT2D eigenvalue weighted by molar-refractivity contribution is 5.37. The molecule has 0 saturated heterocycles. The van der Waals surface area contributed by atoms with Gasteiger partial charge < -0.3 is 5.73 Å². The molecule has 0 aliphatic rings. The van der Waals surface area contributed by atoms with Gasteiger partial charge in [-0.1, -0.05) is 0 Å². The Kier molecular flexibility index (Phi) is 2.72. The standard InChI is InChI=1S/C8H6F3N3/c9-8(10,11)7(13)6-4-14-2-1-5(6)3-12/h1-2,4,7H,13H2. The molecule has 1 aromatic heterocycles. The van der Waals surface area contributed by atoms with Gasteiger partial charge in [-0.25, -0.2) is 0 Å². The second kappa shape index (κ2) is 3.64. The molecule has 0 aliphatic carbocycles. The van der Waals surface area contributed by atoms with E-state index < -0.39 is 12.2 Å². The van der Waals surface area contributed by atoms with Gasteiger partial charge in [0.15, 0.2) is 0 Å². The van der Waals surface area contributed by atoms with Gasteiger partial charge in [0.25, 0.3) is 0 Å². The molecule has 1 rings (SSSR count). The number of halogens is 3. The highest BCUT2D eigenvalue weighted by atomic mass is 19.4. The van der Waals surface area contributed by atoms with Crippen molar-refractivity contribution in [2.75, 3.05) is 0 Å². The first-order chi connectivity index (χ1) is 6.46. The van der Waals surface area contributed by atoms with E-state index in [4.69, 9.17) is 11.0 Å². The van der Waals surface area contributed by atoms with Gasteiger partial charge in [-0.15, -0.1) is 0 Å². The zero-order chi connectivity index (χ0) is 10.8. The Morgan fingerprint density at radius 2 is 2.14 bits per heavy atom. The molecule has 0 bridgehead atoms. The molecule has 1 atom stereocenters. The first-order valence-electron chi connectivity index (χ1n) is 3.63. The first kappa shape index (κ1) is 10.5. The van der Waals surface area contributed by atoms with Crippen molar-refractivity contribution in [2.45, 2.75) is 12.2 Å². The van der Waals surface area contributed by atoms with E-state index >= 15 is 0 Å². The van der Waals surface area contributed by atoms with Crippen molar-refractivity contribution in [3.8, 4) is 6.07 Å². The maximum absolute atomic E-state index is 12.2. The molecule has 1 heterocycles. The Bertz CT molecular complexity index is 367. The van der Waals surface area contributed by atoms with Gasteiger partial charge in [-0.2, -0.15) is 18.4 Å². The number of hydrogen-bond donors (Lipinski definition) is 1. The van der Waals surface area contributed by atoms with Crippen molar-refractivity contribution >= 4 is 0 Å². The summed E-state index contributed by atoms with van der Waals surface area (Å²) in [6, 6.07) is 0.663. The molecule has 3 nitrogen and oxygen atoms in total. The summed E-state index contributed by atoms with van der Waals surface area (Å²) in [5, 5.41) is 8.53. The van der Waals surface area contributed by atoms with Crippen LogP contribution in [-0.4, -0.2) is 11.2 Å². The van der Waals surface area contributed by atoms with E-state index in [1.807, 2.05) is 0 Å². The van der Waals surface area contributed by atoms with Crippen LogP contribution in [0.5, 0.6) is 0 Å². The molecule has 0 aliphatic heterocycles. The Balaban J connectivity index is 3.14. The van der Waals surface area contributed by atoms with Crippen molar-refractivity contribution in [1.82, 2.24) is 4.98 Å². The summed E-state index contributed by atoms with van der Waals surface area (Å²) >= 11 is 0. The van der Waals surface area contributed by atoms with E-state index in [0.29, 0.717) is 0 Å². The summed E-state index contributed by atoms with van der Waals surface area (Å²) in [5.74, 6) is 0. The third-order valence-corrected chi connectivity index (χ3v) is 1.66.